The van der Waals surface area contributed by atoms with Crippen molar-refractivity contribution in [2.24, 2.45) is 0 Å². The second-order valence-electron chi connectivity index (χ2n) is 6.26. The molecule has 8 heteroatoms. The highest BCUT2D eigenvalue weighted by Crippen LogP contribution is 2.23. The summed E-state index contributed by atoms with van der Waals surface area (Å²) >= 11 is 12.2. The molecular weight excluding hydrogens is 399 g/mol. The Kier molecular flexibility index (Phi) is 4.98. The van der Waals surface area contributed by atoms with Crippen LogP contribution in [0.4, 0.5) is 0 Å². The van der Waals surface area contributed by atoms with E-state index in [1.54, 1.807) is 65.6 Å². The maximum Gasteiger partial charge on any atom is 0.352 e. The van der Waals surface area contributed by atoms with E-state index in [4.69, 9.17) is 23.2 Å². The van der Waals surface area contributed by atoms with Crippen LogP contribution in [0.3, 0.4) is 0 Å². The average Bonchev–Trinajstić information content (AvgIpc) is 2.69. The van der Waals surface area contributed by atoms with Gasteiger partial charge in [0.15, 0.2) is 5.82 Å². The number of nitrogens with zero attached hydrogens (tertiary/aromatic N) is 4. The van der Waals surface area contributed by atoms with Crippen molar-refractivity contribution in [2.45, 2.75) is 13.1 Å². The zero-order chi connectivity index (χ0) is 19.7. The molecule has 0 bridgehead atoms. The molecule has 0 aliphatic carbocycles. The summed E-state index contributed by atoms with van der Waals surface area (Å²) in [6.45, 7) is 0.470. The second-order valence-corrected chi connectivity index (χ2v) is 7.10. The molecule has 0 fully saturated rings. The fraction of sp³-hybridized carbons (Fsp3) is 0.100. The van der Waals surface area contributed by atoms with Gasteiger partial charge in [-0.25, -0.2) is 4.79 Å². The molecule has 0 saturated carbocycles. The zero-order valence-corrected chi connectivity index (χ0v) is 16.1. The van der Waals surface area contributed by atoms with E-state index in [0.717, 1.165) is 15.7 Å². The van der Waals surface area contributed by atoms with E-state index in [0.29, 0.717) is 28.0 Å². The maximum absolute atomic E-state index is 12.9. The molecule has 0 N–H and O–H groups in total. The van der Waals surface area contributed by atoms with Gasteiger partial charge in [0.25, 0.3) is 5.56 Å². The average molecular weight is 413 g/mol. The van der Waals surface area contributed by atoms with Crippen molar-refractivity contribution in [3.05, 3.63) is 103 Å². The summed E-state index contributed by atoms with van der Waals surface area (Å²) in [5, 5.41) is 1.04. The first-order chi connectivity index (χ1) is 13.5. The molecule has 140 valence electrons. The molecule has 0 spiro atoms. The highest BCUT2D eigenvalue weighted by molar-refractivity contribution is 6.35. The molecule has 6 nitrogen and oxygen atoms in total. The molecule has 4 rings (SSSR count). The highest BCUT2D eigenvalue weighted by atomic mass is 35.5. The minimum absolute atomic E-state index is 0.117. The lowest BCUT2D eigenvalue weighted by Gasteiger charge is -2.16. The Bertz CT molecular complexity index is 1240. The van der Waals surface area contributed by atoms with E-state index in [1.165, 1.54) is 0 Å². The second kappa shape index (κ2) is 7.58. The van der Waals surface area contributed by atoms with E-state index < -0.39 is 11.2 Å². The van der Waals surface area contributed by atoms with Crippen molar-refractivity contribution in [3.8, 4) is 11.4 Å². The fourth-order valence-corrected chi connectivity index (χ4v) is 3.46. The molecule has 0 atom stereocenters. The lowest BCUT2D eigenvalue weighted by Crippen LogP contribution is -2.38. The first-order valence-corrected chi connectivity index (χ1v) is 9.21. The van der Waals surface area contributed by atoms with Crippen LogP contribution in [0.1, 0.15) is 11.1 Å². The van der Waals surface area contributed by atoms with E-state index in [-0.39, 0.29) is 6.54 Å². The summed E-state index contributed by atoms with van der Waals surface area (Å²) in [5.41, 5.74) is 0.909. The number of fused-ring (bicyclic) bond motifs is 1. The lowest BCUT2D eigenvalue weighted by molar-refractivity contribution is 0.677. The van der Waals surface area contributed by atoms with Gasteiger partial charge in [-0.15, -0.1) is 0 Å². The normalized spacial score (nSPS) is 11.1. The minimum Gasteiger partial charge on any atom is -0.328 e. The quantitative estimate of drug-likeness (QED) is 0.515. The van der Waals surface area contributed by atoms with Gasteiger partial charge in [0, 0.05) is 28.6 Å². The van der Waals surface area contributed by atoms with Gasteiger partial charge in [-0.3, -0.25) is 14.3 Å². The van der Waals surface area contributed by atoms with E-state index in [1.807, 2.05) is 0 Å². The molecular formula is C20H14Cl2N4O2. The molecule has 0 amide bonds. The predicted octanol–water partition coefficient (Wildman–Crippen LogP) is 3.31. The van der Waals surface area contributed by atoms with Crippen LogP contribution in [-0.4, -0.2) is 19.1 Å². The van der Waals surface area contributed by atoms with E-state index in [9.17, 15) is 9.59 Å². The summed E-state index contributed by atoms with van der Waals surface area (Å²) in [5.74, 6) is 0.311. The van der Waals surface area contributed by atoms with Crippen molar-refractivity contribution in [1.29, 1.82) is 0 Å². The number of pyridine rings is 2. The smallest absolute Gasteiger partial charge is 0.328 e. The number of aromatic nitrogens is 4. The van der Waals surface area contributed by atoms with Gasteiger partial charge in [-0.05, 0) is 41.5 Å². The van der Waals surface area contributed by atoms with Crippen LogP contribution >= 0.6 is 23.2 Å². The molecule has 0 radical (unpaired) electrons. The Morgan fingerprint density at radius 2 is 1.86 bits per heavy atom. The molecule has 2 aliphatic rings. The van der Waals surface area contributed by atoms with Crippen LogP contribution in [0, 0.1) is 0 Å². The van der Waals surface area contributed by atoms with Crippen LogP contribution in [0.25, 0.3) is 11.4 Å². The number of rotatable bonds is 4. The minimum atomic E-state index is -0.608. The van der Waals surface area contributed by atoms with Crippen LogP contribution in [0.15, 0.2) is 70.6 Å². The van der Waals surface area contributed by atoms with Crippen LogP contribution in [-0.2, 0) is 13.1 Å². The first kappa shape index (κ1) is 18.4. The van der Waals surface area contributed by atoms with E-state index >= 15 is 0 Å². The highest BCUT2D eigenvalue weighted by Gasteiger charge is 2.17. The third-order valence-electron chi connectivity index (χ3n) is 4.37. The SMILES string of the molecule is O=c1nc2n(Cc3ccc(Cl)cc3Cl)cccc-2c(=O)n1Cc1cccnc1. The summed E-state index contributed by atoms with van der Waals surface area (Å²) in [6.07, 6.45) is 5.00. The Labute approximate surface area is 170 Å². The van der Waals surface area contributed by atoms with Gasteiger partial charge in [-0.1, -0.05) is 35.3 Å². The first-order valence-electron chi connectivity index (χ1n) is 8.46. The molecule has 2 aliphatic heterocycles. The molecule has 1 aromatic carbocycles. The van der Waals surface area contributed by atoms with Gasteiger partial charge in [0.2, 0.25) is 0 Å². The molecule has 0 saturated heterocycles. The number of benzene rings is 1. The Morgan fingerprint density at radius 1 is 1.00 bits per heavy atom. The predicted molar refractivity (Wildman–Crippen MR) is 108 cm³/mol. The van der Waals surface area contributed by atoms with Crippen LogP contribution in [0.2, 0.25) is 10.0 Å². The Morgan fingerprint density at radius 3 is 2.61 bits per heavy atom. The van der Waals surface area contributed by atoms with Gasteiger partial charge < -0.3 is 4.57 Å². The molecule has 0 unspecified atom stereocenters. The molecule has 3 heterocycles. The summed E-state index contributed by atoms with van der Waals surface area (Å²) in [4.78, 5) is 33.6. The van der Waals surface area contributed by atoms with Crippen molar-refractivity contribution >= 4 is 23.2 Å². The zero-order valence-electron chi connectivity index (χ0n) is 14.5. The monoisotopic (exact) mass is 412 g/mol. The third-order valence-corrected chi connectivity index (χ3v) is 4.96. The van der Waals surface area contributed by atoms with E-state index in [2.05, 4.69) is 9.97 Å². The number of halogens is 2. The van der Waals surface area contributed by atoms with Crippen LogP contribution in [0.5, 0.6) is 0 Å². The topological polar surface area (TPSA) is 69.8 Å². The van der Waals surface area contributed by atoms with Crippen LogP contribution < -0.4 is 11.2 Å². The van der Waals surface area contributed by atoms with Gasteiger partial charge >= 0.3 is 5.69 Å². The van der Waals surface area contributed by atoms with Gasteiger partial charge in [0.05, 0.1) is 18.7 Å². The van der Waals surface area contributed by atoms with Crippen molar-refractivity contribution in [3.63, 3.8) is 0 Å². The van der Waals surface area contributed by atoms with Crippen molar-refractivity contribution in [1.82, 2.24) is 19.1 Å². The number of hydrogen-bond donors (Lipinski definition) is 0. The largest absolute Gasteiger partial charge is 0.352 e. The fourth-order valence-electron chi connectivity index (χ4n) is 2.99. The summed E-state index contributed by atoms with van der Waals surface area (Å²) in [6, 6.07) is 12.1. The lowest BCUT2D eigenvalue weighted by atomic mass is 10.2. The number of hydrogen-bond acceptors (Lipinski definition) is 4. The van der Waals surface area contributed by atoms with Crippen molar-refractivity contribution in [2.75, 3.05) is 0 Å². The van der Waals surface area contributed by atoms with Gasteiger partial charge in [-0.2, -0.15) is 4.98 Å². The van der Waals surface area contributed by atoms with Crippen molar-refractivity contribution < 1.29 is 0 Å². The maximum atomic E-state index is 12.9. The van der Waals surface area contributed by atoms with Gasteiger partial charge in [0.1, 0.15) is 0 Å². The Balaban J connectivity index is 1.79. The molecule has 1 aromatic heterocycles. The summed E-state index contributed by atoms with van der Waals surface area (Å²) in [7, 11) is 0. The third kappa shape index (κ3) is 3.56. The standard InChI is InChI=1S/C20H14Cl2N4O2/c21-15-6-5-14(17(22)9-15)12-25-8-2-4-16-18(25)24-20(28)26(19(16)27)11-13-3-1-7-23-10-13/h1-10H,11-12H2. The molecule has 2 aromatic rings. The Hall–Kier alpha value is -2.96. The summed E-state index contributed by atoms with van der Waals surface area (Å²) < 4.78 is 2.83. The molecule has 28 heavy (non-hydrogen) atoms.